The molecule has 2 nitrogen and oxygen atoms in total. The molecule has 0 N–H and O–H groups in total. The van der Waals surface area contributed by atoms with E-state index in [4.69, 9.17) is 0 Å². The van der Waals surface area contributed by atoms with E-state index in [9.17, 15) is 13.6 Å². The van der Waals surface area contributed by atoms with Crippen molar-refractivity contribution in [3.05, 3.63) is 65.7 Å². The number of Topliss-reactive ketones (excluding diaryl/α,β-unsaturated/α-hetero) is 1. The minimum absolute atomic E-state index is 0.0162. The fourth-order valence-corrected chi connectivity index (χ4v) is 1.87. The number of hydrogen-bond donors (Lipinski definition) is 0. The van der Waals surface area contributed by atoms with Crippen molar-refractivity contribution in [1.82, 2.24) is 0 Å². The Balaban J connectivity index is 1.92. The van der Waals surface area contributed by atoms with Crippen LogP contribution in [0.3, 0.4) is 0 Å². The van der Waals surface area contributed by atoms with Gasteiger partial charge in [-0.05, 0) is 36.2 Å². The van der Waals surface area contributed by atoms with E-state index < -0.39 is 6.61 Å². The van der Waals surface area contributed by atoms with Gasteiger partial charge in [-0.25, -0.2) is 0 Å². The molecular formula is C16H14F2O2. The van der Waals surface area contributed by atoms with Crippen LogP contribution in [0.5, 0.6) is 5.75 Å². The first kappa shape index (κ1) is 14.2. The molecule has 0 amide bonds. The fourth-order valence-electron chi connectivity index (χ4n) is 1.87. The Morgan fingerprint density at radius 2 is 1.65 bits per heavy atom. The van der Waals surface area contributed by atoms with Gasteiger partial charge in [-0.2, -0.15) is 8.78 Å². The molecule has 2 aromatic carbocycles. The maximum atomic E-state index is 12.0. The number of carbonyl (C=O) groups excluding carboxylic acids is 1. The molecule has 0 aliphatic heterocycles. The lowest BCUT2D eigenvalue weighted by molar-refractivity contribution is -0.0498. The SMILES string of the molecule is O=C(CCc1ccccc1)c1ccc(OC(F)F)cc1. The number of benzene rings is 2. The minimum atomic E-state index is -2.85. The largest absolute Gasteiger partial charge is 0.435 e. The van der Waals surface area contributed by atoms with Gasteiger partial charge in [0, 0.05) is 12.0 Å². The molecule has 0 unspecified atom stereocenters. The zero-order valence-corrected chi connectivity index (χ0v) is 10.8. The van der Waals surface area contributed by atoms with Gasteiger partial charge in [-0.1, -0.05) is 30.3 Å². The molecule has 2 aromatic rings. The summed E-state index contributed by atoms with van der Waals surface area (Å²) in [7, 11) is 0. The van der Waals surface area contributed by atoms with Crippen molar-refractivity contribution in [2.24, 2.45) is 0 Å². The maximum absolute atomic E-state index is 12.0. The summed E-state index contributed by atoms with van der Waals surface area (Å²) in [5.74, 6) is 0.0389. The standard InChI is InChI=1S/C16H14F2O2/c17-16(18)20-14-9-7-13(8-10-14)15(19)11-6-12-4-2-1-3-5-12/h1-5,7-10,16H,6,11H2. The van der Waals surface area contributed by atoms with Crippen molar-refractivity contribution < 1.29 is 18.3 Å². The summed E-state index contributed by atoms with van der Waals surface area (Å²) in [6.45, 7) is -2.85. The number of alkyl halides is 2. The van der Waals surface area contributed by atoms with E-state index in [0.29, 0.717) is 18.4 Å². The monoisotopic (exact) mass is 276 g/mol. The van der Waals surface area contributed by atoms with Crippen molar-refractivity contribution in [2.45, 2.75) is 19.5 Å². The van der Waals surface area contributed by atoms with E-state index in [0.717, 1.165) is 5.56 Å². The van der Waals surface area contributed by atoms with Crippen LogP contribution < -0.4 is 4.74 Å². The molecule has 20 heavy (non-hydrogen) atoms. The van der Waals surface area contributed by atoms with Gasteiger partial charge in [-0.15, -0.1) is 0 Å². The normalized spacial score (nSPS) is 10.6. The van der Waals surface area contributed by atoms with Gasteiger partial charge in [-0.3, -0.25) is 4.79 Å². The summed E-state index contributed by atoms with van der Waals surface area (Å²) in [5.41, 5.74) is 1.60. The molecule has 0 spiro atoms. The molecule has 0 atom stereocenters. The van der Waals surface area contributed by atoms with Crippen molar-refractivity contribution in [3.8, 4) is 5.75 Å². The number of halogens is 2. The Labute approximate surface area is 116 Å². The van der Waals surface area contributed by atoms with Crippen LogP contribution in [0, 0.1) is 0 Å². The topological polar surface area (TPSA) is 26.3 Å². The van der Waals surface area contributed by atoms with Gasteiger partial charge < -0.3 is 4.74 Å². The molecule has 0 aromatic heterocycles. The Morgan fingerprint density at radius 1 is 1.00 bits per heavy atom. The number of ether oxygens (including phenoxy) is 1. The Hall–Kier alpha value is -2.23. The van der Waals surface area contributed by atoms with Crippen LogP contribution in [0.4, 0.5) is 8.78 Å². The lowest BCUT2D eigenvalue weighted by Crippen LogP contribution is -2.03. The maximum Gasteiger partial charge on any atom is 0.387 e. The molecule has 2 rings (SSSR count). The molecule has 4 heteroatoms. The van der Waals surface area contributed by atoms with E-state index in [2.05, 4.69) is 4.74 Å². The zero-order chi connectivity index (χ0) is 14.4. The zero-order valence-electron chi connectivity index (χ0n) is 10.8. The molecule has 0 fully saturated rings. The van der Waals surface area contributed by atoms with Gasteiger partial charge in [0.1, 0.15) is 5.75 Å². The summed E-state index contributed by atoms with van der Waals surface area (Å²) in [5, 5.41) is 0. The van der Waals surface area contributed by atoms with Crippen molar-refractivity contribution in [2.75, 3.05) is 0 Å². The van der Waals surface area contributed by atoms with E-state index in [-0.39, 0.29) is 11.5 Å². The van der Waals surface area contributed by atoms with E-state index in [1.165, 1.54) is 24.3 Å². The molecule has 0 aliphatic carbocycles. The first-order chi connectivity index (χ1) is 9.65. The minimum Gasteiger partial charge on any atom is -0.435 e. The van der Waals surface area contributed by atoms with E-state index >= 15 is 0 Å². The highest BCUT2D eigenvalue weighted by molar-refractivity contribution is 5.96. The summed E-state index contributed by atoms with van der Waals surface area (Å²) in [4.78, 5) is 12.0. The van der Waals surface area contributed by atoms with Crippen LogP contribution >= 0.6 is 0 Å². The Kier molecular flexibility index (Phi) is 4.82. The molecule has 0 saturated carbocycles. The van der Waals surface area contributed by atoms with Gasteiger partial charge in [0.25, 0.3) is 0 Å². The lowest BCUT2D eigenvalue weighted by atomic mass is 10.0. The average Bonchev–Trinajstić information content (AvgIpc) is 2.46. The van der Waals surface area contributed by atoms with Crippen LogP contribution in [0.1, 0.15) is 22.3 Å². The molecule has 0 saturated heterocycles. The van der Waals surface area contributed by atoms with Gasteiger partial charge in [0.05, 0.1) is 0 Å². The smallest absolute Gasteiger partial charge is 0.387 e. The van der Waals surface area contributed by atoms with Crippen LogP contribution in [0.25, 0.3) is 0 Å². The van der Waals surface area contributed by atoms with Crippen LogP contribution in [-0.2, 0) is 6.42 Å². The van der Waals surface area contributed by atoms with Gasteiger partial charge >= 0.3 is 6.61 Å². The number of rotatable bonds is 6. The van der Waals surface area contributed by atoms with Gasteiger partial charge in [0.2, 0.25) is 0 Å². The Morgan fingerprint density at radius 3 is 2.25 bits per heavy atom. The summed E-state index contributed by atoms with van der Waals surface area (Å²) < 4.78 is 28.2. The number of carbonyl (C=O) groups is 1. The fraction of sp³-hybridized carbons (Fsp3) is 0.188. The summed E-state index contributed by atoms with van der Waals surface area (Å²) in [6.07, 6.45) is 1.05. The first-order valence-corrected chi connectivity index (χ1v) is 6.27. The third-order valence-corrected chi connectivity index (χ3v) is 2.89. The highest BCUT2D eigenvalue weighted by atomic mass is 19.3. The predicted octanol–water partition coefficient (Wildman–Crippen LogP) is 4.10. The molecule has 104 valence electrons. The molecular weight excluding hydrogens is 262 g/mol. The number of aryl methyl sites for hydroxylation is 1. The van der Waals surface area contributed by atoms with E-state index in [1.807, 2.05) is 30.3 Å². The lowest BCUT2D eigenvalue weighted by Gasteiger charge is -2.05. The second kappa shape index (κ2) is 6.80. The van der Waals surface area contributed by atoms with Gasteiger partial charge in [0.15, 0.2) is 5.78 Å². The number of hydrogen-bond acceptors (Lipinski definition) is 2. The first-order valence-electron chi connectivity index (χ1n) is 6.27. The van der Waals surface area contributed by atoms with E-state index in [1.54, 1.807) is 0 Å². The van der Waals surface area contributed by atoms with Crippen LogP contribution in [0.2, 0.25) is 0 Å². The molecule has 0 bridgehead atoms. The second-order valence-corrected chi connectivity index (χ2v) is 4.31. The quantitative estimate of drug-likeness (QED) is 0.742. The van der Waals surface area contributed by atoms with Crippen LogP contribution in [0.15, 0.2) is 54.6 Å². The molecule has 0 heterocycles. The van der Waals surface area contributed by atoms with Crippen LogP contribution in [-0.4, -0.2) is 12.4 Å². The van der Waals surface area contributed by atoms with Crippen molar-refractivity contribution in [3.63, 3.8) is 0 Å². The predicted molar refractivity (Wildman–Crippen MR) is 72.2 cm³/mol. The second-order valence-electron chi connectivity index (χ2n) is 4.31. The third kappa shape index (κ3) is 4.16. The Bertz CT molecular complexity index is 550. The summed E-state index contributed by atoms with van der Waals surface area (Å²) >= 11 is 0. The molecule has 0 aliphatic rings. The number of ketones is 1. The van der Waals surface area contributed by atoms with Crippen molar-refractivity contribution in [1.29, 1.82) is 0 Å². The van der Waals surface area contributed by atoms with Crippen molar-refractivity contribution >= 4 is 5.78 Å². The highest BCUT2D eigenvalue weighted by Gasteiger charge is 2.08. The summed E-state index contributed by atoms with van der Waals surface area (Å²) in [6, 6.07) is 15.5. The third-order valence-electron chi connectivity index (χ3n) is 2.89. The molecule has 0 radical (unpaired) electrons. The highest BCUT2D eigenvalue weighted by Crippen LogP contribution is 2.16. The average molecular weight is 276 g/mol.